The van der Waals surface area contributed by atoms with Gasteiger partial charge in [0.15, 0.2) is 0 Å². The third-order valence-corrected chi connectivity index (χ3v) is 4.76. The average molecular weight is 356 g/mol. The number of benzene rings is 2. The highest BCUT2D eigenvalue weighted by Gasteiger charge is 2.54. The van der Waals surface area contributed by atoms with Crippen LogP contribution in [0, 0.1) is 10.1 Å². The third-order valence-electron chi connectivity index (χ3n) is 4.76. The molecule has 136 valence electrons. The van der Waals surface area contributed by atoms with Gasteiger partial charge in [-0.25, -0.2) is 0 Å². The quantitative estimate of drug-likeness (QED) is 0.502. The van der Waals surface area contributed by atoms with E-state index in [1.807, 2.05) is 6.07 Å². The number of nitro groups is 1. The molecule has 3 rings (SSSR count). The fourth-order valence-corrected chi connectivity index (χ4v) is 3.59. The van der Waals surface area contributed by atoms with Crippen LogP contribution in [-0.2, 0) is 9.53 Å². The lowest BCUT2D eigenvalue weighted by Crippen LogP contribution is -2.37. The van der Waals surface area contributed by atoms with Gasteiger partial charge in [-0.05, 0) is 23.3 Å². The summed E-state index contributed by atoms with van der Waals surface area (Å²) >= 11 is 0. The van der Waals surface area contributed by atoms with E-state index in [4.69, 9.17) is 9.47 Å². The second-order valence-corrected chi connectivity index (χ2v) is 6.13. The molecule has 1 heterocycles. The van der Waals surface area contributed by atoms with Gasteiger partial charge in [-0.2, -0.15) is 0 Å². The standard InChI is InChI=1S/C19H20N2O5/c1-25-14-10-6-9-13(11-14)16-18(21(23)24)15(12-7-4-3-5-8-12)17(20-16)19(22)26-2/h3-11,15-18,20H,1-2H3/t15-,16-,17+,18+/m1/s1. The number of nitrogens with zero attached hydrogens (tertiary/aromatic N) is 1. The molecule has 26 heavy (non-hydrogen) atoms. The van der Waals surface area contributed by atoms with E-state index < -0.39 is 30.0 Å². The number of ether oxygens (including phenoxy) is 2. The van der Waals surface area contributed by atoms with E-state index in [-0.39, 0.29) is 4.92 Å². The van der Waals surface area contributed by atoms with E-state index in [0.29, 0.717) is 11.3 Å². The first-order chi connectivity index (χ1) is 12.6. The molecule has 0 bridgehead atoms. The Morgan fingerprint density at radius 2 is 1.77 bits per heavy atom. The molecule has 7 heteroatoms. The lowest BCUT2D eigenvalue weighted by molar-refractivity contribution is -0.527. The van der Waals surface area contributed by atoms with Gasteiger partial charge in [0, 0.05) is 4.92 Å². The van der Waals surface area contributed by atoms with Crippen LogP contribution >= 0.6 is 0 Å². The number of methoxy groups -OCH3 is 2. The van der Waals surface area contributed by atoms with Crippen molar-refractivity contribution in [3.8, 4) is 5.75 Å². The number of carbonyl (C=O) groups excluding carboxylic acids is 1. The second-order valence-electron chi connectivity index (χ2n) is 6.13. The highest BCUT2D eigenvalue weighted by Crippen LogP contribution is 2.41. The molecule has 1 aliphatic rings. The molecule has 1 aliphatic heterocycles. The van der Waals surface area contributed by atoms with Crippen molar-refractivity contribution in [3.63, 3.8) is 0 Å². The minimum Gasteiger partial charge on any atom is -0.497 e. The zero-order valence-electron chi connectivity index (χ0n) is 14.5. The Morgan fingerprint density at radius 3 is 2.38 bits per heavy atom. The molecule has 0 aliphatic carbocycles. The van der Waals surface area contributed by atoms with Gasteiger partial charge in [0.1, 0.15) is 17.8 Å². The minimum absolute atomic E-state index is 0.322. The number of carbonyl (C=O) groups is 1. The smallest absolute Gasteiger partial charge is 0.323 e. The number of hydrogen-bond donors (Lipinski definition) is 1. The second kappa shape index (κ2) is 7.53. The third kappa shape index (κ3) is 3.25. The van der Waals surface area contributed by atoms with E-state index in [0.717, 1.165) is 5.56 Å². The Kier molecular flexibility index (Phi) is 5.18. The van der Waals surface area contributed by atoms with Gasteiger partial charge in [0.05, 0.1) is 20.1 Å². The summed E-state index contributed by atoms with van der Waals surface area (Å²) in [6, 6.07) is 13.6. The molecular weight excluding hydrogens is 336 g/mol. The van der Waals surface area contributed by atoms with Crippen LogP contribution in [0.5, 0.6) is 5.75 Å². The summed E-state index contributed by atoms with van der Waals surface area (Å²) in [5, 5.41) is 15.1. The summed E-state index contributed by atoms with van der Waals surface area (Å²) in [5.41, 5.74) is 1.42. The Hall–Kier alpha value is -2.93. The number of hydrogen-bond acceptors (Lipinski definition) is 6. The first kappa shape index (κ1) is 17.9. The summed E-state index contributed by atoms with van der Waals surface area (Å²) in [6.07, 6.45) is 0. The molecule has 2 aromatic carbocycles. The predicted molar refractivity (Wildman–Crippen MR) is 94.6 cm³/mol. The minimum atomic E-state index is -1.02. The van der Waals surface area contributed by atoms with Crippen LogP contribution in [0.15, 0.2) is 54.6 Å². The molecule has 0 radical (unpaired) electrons. The SMILES string of the molecule is COC(=O)[C@H]1N[C@H](c2cccc(OC)c2)[C@@H]([N+](=O)[O-])[C@@H]1c1ccccc1. The van der Waals surface area contributed by atoms with Crippen LogP contribution in [0.1, 0.15) is 23.1 Å². The van der Waals surface area contributed by atoms with Crippen molar-refractivity contribution >= 4 is 5.97 Å². The highest BCUT2D eigenvalue weighted by molar-refractivity contribution is 5.78. The summed E-state index contributed by atoms with van der Waals surface area (Å²) in [6.45, 7) is 0. The fraction of sp³-hybridized carbons (Fsp3) is 0.316. The summed E-state index contributed by atoms with van der Waals surface area (Å²) in [7, 11) is 2.82. The maximum absolute atomic E-state index is 12.3. The predicted octanol–water partition coefficient (Wildman–Crippen LogP) is 2.31. The average Bonchev–Trinajstić information content (AvgIpc) is 3.09. The van der Waals surface area contributed by atoms with E-state index in [1.165, 1.54) is 14.2 Å². The van der Waals surface area contributed by atoms with Crippen molar-refractivity contribution in [3.05, 3.63) is 75.8 Å². The van der Waals surface area contributed by atoms with Crippen molar-refractivity contribution in [1.29, 1.82) is 0 Å². The van der Waals surface area contributed by atoms with Crippen LogP contribution < -0.4 is 10.1 Å². The van der Waals surface area contributed by atoms with Gasteiger partial charge in [0.2, 0.25) is 6.04 Å². The van der Waals surface area contributed by atoms with Crippen molar-refractivity contribution in [2.24, 2.45) is 0 Å². The van der Waals surface area contributed by atoms with Crippen molar-refractivity contribution in [2.75, 3.05) is 14.2 Å². The molecule has 4 atom stereocenters. The maximum Gasteiger partial charge on any atom is 0.323 e. The van der Waals surface area contributed by atoms with Gasteiger partial charge in [-0.15, -0.1) is 0 Å². The fourth-order valence-electron chi connectivity index (χ4n) is 3.59. The van der Waals surface area contributed by atoms with Gasteiger partial charge < -0.3 is 9.47 Å². The highest BCUT2D eigenvalue weighted by atomic mass is 16.6. The van der Waals surface area contributed by atoms with Gasteiger partial charge in [0.25, 0.3) is 0 Å². The molecular formula is C19H20N2O5. The van der Waals surface area contributed by atoms with Crippen LogP contribution in [-0.4, -0.2) is 37.2 Å². The molecule has 0 aromatic heterocycles. The summed E-state index contributed by atoms with van der Waals surface area (Å²) in [5.74, 6) is -0.560. The number of rotatable bonds is 5. The molecule has 1 saturated heterocycles. The van der Waals surface area contributed by atoms with Gasteiger partial charge in [-0.3, -0.25) is 20.2 Å². The molecule has 1 fully saturated rings. The summed E-state index contributed by atoms with van der Waals surface area (Å²) < 4.78 is 10.1. The van der Waals surface area contributed by atoms with Crippen LogP contribution in [0.25, 0.3) is 0 Å². The van der Waals surface area contributed by atoms with E-state index in [2.05, 4.69) is 5.32 Å². The van der Waals surface area contributed by atoms with E-state index in [9.17, 15) is 14.9 Å². The molecule has 0 unspecified atom stereocenters. The maximum atomic E-state index is 12.3. The molecule has 7 nitrogen and oxygen atoms in total. The Bertz CT molecular complexity index is 796. The topological polar surface area (TPSA) is 90.7 Å². The van der Waals surface area contributed by atoms with Gasteiger partial charge in [-0.1, -0.05) is 42.5 Å². The van der Waals surface area contributed by atoms with Crippen molar-refractivity contribution in [2.45, 2.75) is 24.0 Å². The number of esters is 1. The zero-order chi connectivity index (χ0) is 18.7. The normalized spacial score (nSPS) is 24.8. The van der Waals surface area contributed by atoms with Gasteiger partial charge >= 0.3 is 5.97 Å². The largest absolute Gasteiger partial charge is 0.497 e. The Balaban J connectivity index is 2.08. The van der Waals surface area contributed by atoms with E-state index >= 15 is 0 Å². The first-order valence-electron chi connectivity index (χ1n) is 8.23. The monoisotopic (exact) mass is 356 g/mol. The molecule has 1 N–H and O–H groups in total. The first-order valence-corrected chi connectivity index (χ1v) is 8.23. The lowest BCUT2D eigenvalue weighted by atomic mass is 9.85. The molecule has 0 spiro atoms. The lowest BCUT2D eigenvalue weighted by Gasteiger charge is -2.19. The number of nitrogens with one attached hydrogen (secondary N) is 1. The van der Waals surface area contributed by atoms with Crippen molar-refractivity contribution < 1.29 is 19.2 Å². The van der Waals surface area contributed by atoms with Crippen LogP contribution in [0.4, 0.5) is 0 Å². The van der Waals surface area contributed by atoms with Crippen LogP contribution in [0.3, 0.4) is 0 Å². The Labute approximate surface area is 151 Å². The zero-order valence-corrected chi connectivity index (χ0v) is 14.5. The molecule has 0 amide bonds. The molecule has 2 aromatic rings. The van der Waals surface area contributed by atoms with Crippen molar-refractivity contribution in [1.82, 2.24) is 5.32 Å². The van der Waals surface area contributed by atoms with E-state index in [1.54, 1.807) is 48.5 Å². The Morgan fingerprint density at radius 1 is 1.08 bits per heavy atom. The molecule has 0 saturated carbocycles. The van der Waals surface area contributed by atoms with Crippen LogP contribution in [0.2, 0.25) is 0 Å². The summed E-state index contributed by atoms with van der Waals surface area (Å²) in [4.78, 5) is 24.0.